The number of aryl methyl sites for hydroxylation is 2. The van der Waals surface area contributed by atoms with Crippen molar-refractivity contribution in [2.45, 2.75) is 40.3 Å². The molecule has 2 aromatic carbocycles. The van der Waals surface area contributed by atoms with Gasteiger partial charge in [-0.3, -0.25) is 0 Å². The lowest BCUT2D eigenvalue weighted by Crippen LogP contribution is -2.21. The van der Waals surface area contributed by atoms with Crippen LogP contribution in [-0.2, 0) is 6.54 Å². The molecule has 0 amide bonds. The van der Waals surface area contributed by atoms with E-state index >= 15 is 0 Å². The first kappa shape index (κ1) is 14.6. The van der Waals surface area contributed by atoms with Gasteiger partial charge in [0.05, 0.1) is 0 Å². The van der Waals surface area contributed by atoms with Gasteiger partial charge in [0, 0.05) is 12.6 Å². The Morgan fingerprint density at radius 2 is 1.65 bits per heavy atom. The largest absolute Gasteiger partial charge is 0.457 e. The number of hydrogen-bond donors (Lipinski definition) is 1. The molecule has 0 aliphatic carbocycles. The fraction of sp³-hybridized carbons (Fsp3) is 0.333. The van der Waals surface area contributed by atoms with E-state index in [1.54, 1.807) is 0 Å². The molecule has 0 radical (unpaired) electrons. The molecule has 0 saturated carbocycles. The van der Waals surface area contributed by atoms with Crippen molar-refractivity contribution in [1.82, 2.24) is 5.32 Å². The van der Waals surface area contributed by atoms with Crippen molar-refractivity contribution in [1.29, 1.82) is 0 Å². The Kier molecular flexibility index (Phi) is 4.80. The molecule has 2 aromatic rings. The van der Waals surface area contributed by atoms with E-state index in [-0.39, 0.29) is 0 Å². The van der Waals surface area contributed by atoms with Crippen LogP contribution in [-0.4, -0.2) is 6.04 Å². The molecule has 0 atom stereocenters. The summed E-state index contributed by atoms with van der Waals surface area (Å²) in [6, 6.07) is 15.0. The lowest BCUT2D eigenvalue weighted by Gasteiger charge is -2.13. The van der Waals surface area contributed by atoms with Crippen molar-refractivity contribution in [3.8, 4) is 11.5 Å². The Bertz CT molecular complexity index is 575. The number of para-hydroxylation sites is 1. The topological polar surface area (TPSA) is 21.3 Å². The summed E-state index contributed by atoms with van der Waals surface area (Å²) in [6.07, 6.45) is 0. The number of hydrogen-bond acceptors (Lipinski definition) is 2. The lowest BCUT2D eigenvalue weighted by atomic mass is 10.1. The fourth-order valence-corrected chi connectivity index (χ4v) is 1.98. The van der Waals surface area contributed by atoms with Crippen LogP contribution < -0.4 is 10.1 Å². The second-order valence-corrected chi connectivity index (χ2v) is 5.50. The van der Waals surface area contributed by atoms with Gasteiger partial charge in [0.25, 0.3) is 0 Å². The van der Waals surface area contributed by atoms with Crippen LogP contribution in [0.25, 0.3) is 0 Å². The molecular weight excluding hydrogens is 246 g/mol. The summed E-state index contributed by atoms with van der Waals surface area (Å²) in [7, 11) is 0. The maximum atomic E-state index is 6.06. The molecule has 1 N–H and O–H groups in total. The first-order chi connectivity index (χ1) is 9.56. The first-order valence-corrected chi connectivity index (χ1v) is 7.12. The highest BCUT2D eigenvalue weighted by Crippen LogP contribution is 2.28. The quantitative estimate of drug-likeness (QED) is 0.857. The molecule has 0 bridgehead atoms. The predicted octanol–water partition coefficient (Wildman–Crippen LogP) is 4.59. The van der Waals surface area contributed by atoms with Crippen LogP contribution in [0.4, 0.5) is 0 Å². The van der Waals surface area contributed by atoms with Crippen molar-refractivity contribution in [2.75, 3.05) is 0 Å². The van der Waals surface area contributed by atoms with Crippen LogP contribution in [0.1, 0.15) is 30.5 Å². The van der Waals surface area contributed by atoms with Crippen molar-refractivity contribution >= 4 is 0 Å². The third-order valence-electron chi connectivity index (χ3n) is 3.28. The fourth-order valence-electron chi connectivity index (χ4n) is 1.98. The highest BCUT2D eigenvalue weighted by Gasteiger charge is 2.05. The van der Waals surface area contributed by atoms with E-state index in [0.717, 1.165) is 29.2 Å². The lowest BCUT2D eigenvalue weighted by molar-refractivity contribution is 0.473. The summed E-state index contributed by atoms with van der Waals surface area (Å²) in [5, 5.41) is 3.43. The SMILES string of the molecule is Cc1ccccc1Oc1cc(CNC(C)C)ccc1C. The van der Waals surface area contributed by atoms with Crippen LogP contribution in [0.5, 0.6) is 11.5 Å². The second kappa shape index (κ2) is 6.58. The van der Waals surface area contributed by atoms with E-state index in [9.17, 15) is 0 Å². The van der Waals surface area contributed by atoms with Gasteiger partial charge in [-0.2, -0.15) is 0 Å². The third-order valence-corrected chi connectivity index (χ3v) is 3.28. The summed E-state index contributed by atoms with van der Waals surface area (Å²) in [6.45, 7) is 9.31. The number of ether oxygens (including phenoxy) is 1. The molecule has 0 saturated heterocycles. The van der Waals surface area contributed by atoms with E-state index in [1.165, 1.54) is 5.56 Å². The molecule has 0 aliphatic rings. The third kappa shape index (κ3) is 3.84. The average Bonchev–Trinajstić information content (AvgIpc) is 2.42. The van der Waals surface area contributed by atoms with Crippen LogP contribution in [0, 0.1) is 13.8 Å². The first-order valence-electron chi connectivity index (χ1n) is 7.12. The predicted molar refractivity (Wildman–Crippen MR) is 84.4 cm³/mol. The van der Waals surface area contributed by atoms with Crippen molar-refractivity contribution < 1.29 is 4.74 Å². The maximum Gasteiger partial charge on any atom is 0.130 e. The molecule has 106 valence electrons. The molecule has 20 heavy (non-hydrogen) atoms. The highest BCUT2D eigenvalue weighted by atomic mass is 16.5. The zero-order valence-corrected chi connectivity index (χ0v) is 12.7. The molecule has 0 fully saturated rings. The summed E-state index contributed by atoms with van der Waals surface area (Å²) in [5.74, 6) is 1.85. The zero-order valence-electron chi connectivity index (χ0n) is 12.7. The van der Waals surface area contributed by atoms with Gasteiger partial charge in [0.15, 0.2) is 0 Å². The van der Waals surface area contributed by atoms with Gasteiger partial charge in [-0.1, -0.05) is 44.2 Å². The normalized spacial score (nSPS) is 10.8. The minimum absolute atomic E-state index is 0.483. The van der Waals surface area contributed by atoms with Gasteiger partial charge >= 0.3 is 0 Å². The second-order valence-electron chi connectivity index (χ2n) is 5.50. The molecule has 0 unspecified atom stereocenters. The molecule has 2 heteroatoms. The average molecular weight is 269 g/mol. The summed E-state index contributed by atoms with van der Waals surface area (Å²) >= 11 is 0. The Hall–Kier alpha value is -1.80. The molecule has 0 heterocycles. The van der Waals surface area contributed by atoms with Crippen molar-refractivity contribution in [3.05, 3.63) is 59.2 Å². The molecular formula is C18H23NO. The molecule has 0 aromatic heterocycles. The van der Waals surface area contributed by atoms with E-state index in [4.69, 9.17) is 4.74 Å². The smallest absolute Gasteiger partial charge is 0.130 e. The minimum atomic E-state index is 0.483. The Balaban J connectivity index is 2.18. The monoisotopic (exact) mass is 269 g/mol. The summed E-state index contributed by atoms with van der Waals surface area (Å²) in [5.41, 5.74) is 3.55. The van der Waals surface area contributed by atoms with Gasteiger partial charge in [-0.05, 0) is 42.7 Å². The molecule has 2 nitrogen and oxygen atoms in total. The van der Waals surface area contributed by atoms with E-state index in [1.807, 2.05) is 18.2 Å². The molecule has 2 rings (SSSR count). The van der Waals surface area contributed by atoms with E-state index in [0.29, 0.717) is 6.04 Å². The number of rotatable bonds is 5. The van der Waals surface area contributed by atoms with Gasteiger partial charge in [-0.25, -0.2) is 0 Å². The van der Waals surface area contributed by atoms with Crippen LogP contribution in [0.2, 0.25) is 0 Å². The maximum absolute atomic E-state index is 6.06. The summed E-state index contributed by atoms with van der Waals surface area (Å²) < 4.78 is 6.06. The number of benzene rings is 2. The van der Waals surface area contributed by atoms with E-state index < -0.39 is 0 Å². The highest BCUT2D eigenvalue weighted by molar-refractivity contribution is 5.42. The van der Waals surface area contributed by atoms with Crippen LogP contribution in [0.3, 0.4) is 0 Å². The molecule has 0 spiro atoms. The van der Waals surface area contributed by atoms with Gasteiger partial charge in [-0.15, -0.1) is 0 Å². The Labute approximate surface area is 121 Å². The summed E-state index contributed by atoms with van der Waals surface area (Å²) in [4.78, 5) is 0. The number of nitrogens with one attached hydrogen (secondary N) is 1. The van der Waals surface area contributed by atoms with E-state index in [2.05, 4.69) is 57.3 Å². The van der Waals surface area contributed by atoms with Crippen molar-refractivity contribution in [2.24, 2.45) is 0 Å². The van der Waals surface area contributed by atoms with Gasteiger partial charge in [0.1, 0.15) is 11.5 Å². The van der Waals surface area contributed by atoms with Crippen LogP contribution in [0.15, 0.2) is 42.5 Å². The van der Waals surface area contributed by atoms with Gasteiger partial charge < -0.3 is 10.1 Å². The standard InChI is InChI=1S/C18H23NO/c1-13(2)19-12-16-10-9-15(4)18(11-16)20-17-8-6-5-7-14(17)3/h5-11,13,19H,12H2,1-4H3. The molecule has 0 aliphatic heterocycles. The minimum Gasteiger partial charge on any atom is -0.457 e. The van der Waals surface area contributed by atoms with Crippen LogP contribution >= 0.6 is 0 Å². The van der Waals surface area contributed by atoms with Crippen molar-refractivity contribution in [3.63, 3.8) is 0 Å². The van der Waals surface area contributed by atoms with Gasteiger partial charge in [0.2, 0.25) is 0 Å². The zero-order chi connectivity index (χ0) is 14.5. The Morgan fingerprint density at radius 3 is 2.35 bits per heavy atom. The Morgan fingerprint density at radius 1 is 0.950 bits per heavy atom.